The van der Waals surface area contributed by atoms with Crippen molar-refractivity contribution in [3.63, 3.8) is 0 Å². The van der Waals surface area contributed by atoms with Gasteiger partial charge in [0.15, 0.2) is 6.29 Å². The van der Waals surface area contributed by atoms with Crippen LogP contribution >= 0.6 is 0 Å². The maximum atomic E-state index is 8.06. The van der Waals surface area contributed by atoms with Gasteiger partial charge in [0.1, 0.15) is 0 Å². The highest BCUT2D eigenvalue weighted by molar-refractivity contribution is 5.02. The average molecular weight is 127 g/mol. The maximum absolute atomic E-state index is 8.06. The van der Waals surface area contributed by atoms with Gasteiger partial charge in [-0.2, -0.15) is 5.26 Å². The second-order valence-electron chi connectivity index (χ2n) is 1.33. The zero-order valence-electron chi connectivity index (χ0n) is 5.50. The maximum Gasteiger partial charge on any atom is 0.177 e. The molecule has 3 nitrogen and oxygen atoms in total. The summed E-state index contributed by atoms with van der Waals surface area (Å²) < 4.78 is 9.48. The molecule has 0 heterocycles. The van der Waals surface area contributed by atoms with E-state index in [1.54, 1.807) is 0 Å². The van der Waals surface area contributed by atoms with E-state index in [1.165, 1.54) is 26.4 Å². The molecule has 50 valence electrons. The van der Waals surface area contributed by atoms with Crippen LogP contribution in [0.4, 0.5) is 0 Å². The van der Waals surface area contributed by atoms with Crippen LogP contribution in [-0.4, -0.2) is 20.5 Å². The molecule has 0 N–H and O–H groups in total. The molecule has 3 heteroatoms. The average Bonchev–Trinajstić information content (AvgIpc) is 1.91. The summed E-state index contributed by atoms with van der Waals surface area (Å²) in [5.41, 5.74) is 0. The highest BCUT2D eigenvalue weighted by atomic mass is 16.7. The zero-order chi connectivity index (χ0) is 7.11. The fourth-order valence-corrected chi connectivity index (χ4v) is 0.375. The van der Waals surface area contributed by atoms with Crippen LogP contribution in [-0.2, 0) is 9.47 Å². The van der Waals surface area contributed by atoms with E-state index in [9.17, 15) is 0 Å². The number of nitrogens with zero attached hydrogens (tertiary/aromatic N) is 1. The van der Waals surface area contributed by atoms with Crippen LogP contribution in [0.25, 0.3) is 0 Å². The summed E-state index contributed by atoms with van der Waals surface area (Å²) in [6.45, 7) is 0. The van der Waals surface area contributed by atoms with Crippen molar-refractivity contribution in [2.45, 2.75) is 6.29 Å². The summed E-state index contributed by atoms with van der Waals surface area (Å²) in [7, 11) is 3.02. The third kappa shape index (κ3) is 3.71. The topological polar surface area (TPSA) is 42.2 Å². The summed E-state index contributed by atoms with van der Waals surface area (Å²) in [6, 6.07) is 1.83. The molecule has 9 heavy (non-hydrogen) atoms. The first-order valence-electron chi connectivity index (χ1n) is 2.47. The number of methoxy groups -OCH3 is 2. The third-order valence-electron chi connectivity index (χ3n) is 0.793. The molecule has 0 aliphatic carbocycles. The Morgan fingerprint density at radius 1 is 1.44 bits per heavy atom. The molecule has 0 saturated carbocycles. The van der Waals surface area contributed by atoms with Crippen LogP contribution in [0.5, 0.6) is 0 Å². The van der Waals surface area contributed by atoms with Crippen LogP contribution in [0.2, 0.25) is 0 Å². The quantitative estimate of drug-likeness (QED) is 0.413. The molecule has 0 atom stereocenters. The lowest BCUT2D eigenvalue weighted by atomic mass is 10.5. The van der Waals surface area contributed by atoms with E-state index < -0.39 is 6.29 Å². The van der Waals surface area contributed by atoms with Gasteiger partial charge in [-0.3, -0.25) is 0 Å². The summed E-state index contributed by atoms with van der Waals surface area (Å²) in [5.74, 6) is 0. The fourth-order valence-electron chi connectivity index (χ4n) is 0.375. The van der Waals surface area contributed by atoms with Crippen molar-refractivity contribution in [3.8, 4) is 6.07 Å². The SMILES string of the molecule is COC(C=CC#N)OC. The van der Waals surface area contributed by atoms with Gasteiger partial charge in [0.2, 0.25) is 0 Å². The monoisotopic (exact) mass is 127 g/mol. The first-order valence-corrected chi connectivity index (χ1v) is 2.47. The smallest absolute Gasteiger partial charge is 0.177 e. The summed E-state index contributed by atoms with van der Waals surface area (Å²) in [6.07, 6.45) is 2.45. The molecule has 0 aromatic heterocycles. The van der Waals surface area contributed by atoms with E-state index in [-0.39, 0.29) is 0 Å². The number of rotatable bonds is 3. The molecule has 0 spiro atoms. The molecular weight excluding hydrogens is 118 g/mol. The van der Waals surface area contributed by atoms with Crippen LogP contribution < -0.4 is 0 Å². The number of ether oxygens (including phenoxy) is 2. The Hall–Kier alpha value is -0.850. The molecule has 0 rings (SSSR count). The van der Waals surface area contributed by atoms with E-state index in [4.69, 9.17) is 14.7 Å². The van der Waals surface area contributed by atoms with Crippen molar-refractivity contribution in [1.29, 1.82) is 5.26 Å². The lowest BCUT2D eigenvalue weighted by Crippen LogP contribution is -2.08. The van der Waals surface area contributed by atoms with Gasteiger partial charge in [-0.05, 0) is 6.08 Å². The van der Waals surface area contributed by atoms with Gasteiger partial charge < -0.3 is 9.47 Å². The first-order chi connectivity index (χ1) is 4.35. The van der Waals surface area contributed by atoms with Gasteiger partial charge >= 0.3 is 0 Å². The lowest BCUT2D eigenvalue weighted by molar-refractivity contribution is -0.0665. The summed E-state index contributed by atoms with van der Waals surface area (Å²) in [5, 5.41) is 8.06. The molecule has 0 bridgehead atoms. The number of allylic oxidation sites excluding steroid dienone is 1. The molecule has 0 aliphatic heterocycles. The minimum Gasteiger partial charge on any atom is -0.352 e. The second-order valence-corrected chi connectivity index (χ2v) is 1.33. The fraction of sp³-hybridized carbons (Fsp3) is 0.500. The van der Waals surface area contributed by atoms with Crippen LogP contribution in [0.15, 0.2) is 12.2 Å². The molecule has 0 saturated heterocycles. The van der Waals surface area contributed by atoms with E-state index >= 15 is 0 Å². The lowest BCUT2D eigenvalue weighted by Gasteiger charge is -2.05. The van der Waals surface area contributed by atoms with Gasteiger partial charge in [-0.1, -0.05) is 0 Å². The van der Waals surface area contributed by atoms with Gasteiger partial charge in [-0.25, -0.2) is 0 Å². The number of hydrogen-bond acceptors (Lipinski definition) is 3. The minimum absolute atomic E-state index is 0.398. The van der Waals surface area contributed by atoms with E-state index in [0.29, 0.717) is 0 Å². The summed E-state index contributed by atoms with van der Waals surface area (Å²) in [4.78, 5) is 0. The Balaban J connectivity index is 3.57. The molecule has 0 amide bonds. The highest BCUT2D eigenvalue weighted by Gasteiger charge is 1.94. The molecule has 0 aliphatic rings. The molecule has 0 fully saturated rings. The van der Waals surface area contributed by atoms with Crippen molar-refractivity contribution < 1.29 is 9.47 Å². The Bertz CT molecular complexity index is 122. The van der Waals surface area contributed by atoms with Crippen LogP contribution in [0, 0.1) is 11.3 Å². The second kappa shape index (κ2) is 5.29. The van der Waals surface area contributed by atoms with E-state index in [1.807, 2.05) is 6.07 Å². The Morgan fingerprint density at radius 2 is 2.00 bits per heavy atom. The molecule has 0 radical (unpaired) electrons. The van der Waals surface area contributed by atoms with Crippen molar-refractivity contribution in [2.75, 3.05) is 14.2 Å². The Morgan fingerprint density at radius 3 is 2.33 bits per heavy atom. The Labute approximate surface area is 54.5 Å². The summed E-state index contributed by atoms with van der Waals surface area (Å²) >= 11 is 0. The largest absolute Gasteiger partial charge is 0.352 e. The van der Waals surface area contributed by atoms with Crippen LogP contribution in [0.1, 0.15) is 0 Å². The molecule has 0 aromatic rings. The Kier molecular flexibility index (Phi) is 4.79. The zero-order valence-corrected chi connectivity index (χ0v) is 5.50. The number of hydrogen-bond donors (Lipinski definition) is 0. The highest BCUT2D eigenvalue weighted by Crippen LogP contribution is 1.90. The van der Waals surface area contributed by atoms with E-state index in [2.05, 4.69) is 0 Å². The predicted molar refractivity (Wildman–Crippen MR) is 32.6 cm³/mol. The van der Waals surface area contributed by atoms with Gasteiger partial charge in [0.25, 0.3) is 0 Å². The standard InChI is InChI=1S/C6H9NO2/c1-8-6(9-2)4-3-5-7/h3-4,6H,1-2H3. The van der Waals surface area contributed by atoms with Crippen molar-refractivity contribution >= 4 is 0 Å². The van der Waals surface area contributed by atoms with E-state index in [0.717, 1.165) is 0 Å². The molecular formula is C6H9NO2. The minimum atomic E-state index is -0.398. The van der Waals surface area contributed by atoms with Crippen molar-refractivity contribution in [1.82, 2.24) is 0 Å². The first kappa shape index (κ1) is 8.15. The molecule has 0 unspecified atom stereocenters. The third-order valence-corrected chi connectivity index (χ3v) is 0.793. The van der Waals surface area contributed by atoms with Gasteiger partial charge in [0, 0.05) is 20.3 Å². The predicted octanol–water partition coefficient (Wildman–Crippen LogP) is 0.685. The molecule has 0 aromatic carbocycles. The van der Waals surface area contributed by atoms with Crippen molar-refractivity contribution in [3.05, 3.63) is 12.2 Å². The van der Waals surface area contributed by atoms with Gasteiger partial charge in [0.05, 0.1) is 6.07 Å². The van der Waals surface area contributed by atoms with Gasteiger partial charge in [-0.15, -0.1) is 0 Å². The number of nitriles is 1. The van der Waals surface area contributed by atoms with Crippen molar-refractivity contribution in [2.24, 2.45) is 0 Å². The van der Waals surface area contributed by atoms with Crippen LogP contribution in [0.3, 0.4) is 0 Å². The normalized spacial score (nSPS) is 10.4.